The number of aromatic amines is 1. The highest BCUT2D eigenvalue weighted by molar-refractivity contribution is 7.46. The number of nitrogens with zero attached hydrogens (tertiary/aromatic N) is 3. The first kappa shape index (κ1) is 20.2. The molecule has 0 bridgehead atoms. The molecule has 3 heterocycles. The Hall–Kier alpha value is -2.52. The molecule has 3 rings (SSSR count). The largest absolute Gasteiger partial charge is 0.469 e. The second-order valence-corrected chi connectivity index (χ2v) is 7.16. The molecule has 152 valence electrons. The number of carbonyl (C=O) groups excluding carboxylic acids is 2. The maximum absolute atomic E-state index is 11.9. The Morgan fingerprint density at radius 1 is 1.36 bits per heavy atom. The number of hydrogen-bond donors (Lipinski definition) is 6. The van der Waals surface area contributed by atoms with Gasteiger partial charge in [0.15, 0.2) is 35.6 Å². The summed E-state index contributed by atoms with van der Waals surface area (Å²) in [5.41, 5.74) is -1.71. The van der Waals surface area contributed by atoms with Gasteiger partial charge in [-0.3, -0.25) is 28.5 Å². The number of fused-ring (bicyclic) bond motifs is 1. The predicted molar refractivity (Wildman–Crippen MR) is 86.5 cm³/mol. The number of aldehydes is 2. The number of nitrogen functional groups attached to an aromatic ring is 1. The number of aromatic nitrogens is 4. The van der Waals surface area contributed by atoms with Crippen molar-refractivity contribution in [3.05, 3.63) is 16.7 Å². The first-order chi connectivity index (χ1) is 13.0. The van der Waals surface area contributed by atoms with Crippen molar-refractivity contribution in [2.24, 2.45) is 0 Å². The number of imidazole rings is 1. The Balaban J connectivity index is 2.13. The van der Waals surface area contributed by atoms with Crippen molar-refractivity contribution in [3.63, 3.8) is 0 Å². The van der Waals surface area contributed by atoms with Gasteiger partial charge in [-0.1, -0.05) is 0 Å². The van der Waals surface area contributed by atoms with E-state index in [0.717, 1.165) is 10.9 Å². The molecule has 1 fully saturated rings. The number of nitrogens with one attached hydrogen (secondary N) is 1. The van der Waals surface area contributed by atoms with Gasteiger partial charge < -0.3 is 30.5 Å². The summed E-state index contributed by atoms with van der Waals surface area (Å²) in [7, 11) is -5.04. The Bertz CT molecular complexity index is 1050. The van der Waals surface area contributed by atoms with E-state index in [1.807, 2.05) is 0 Å². The van der Waals surface area contributed by atoms with Crippen molar-refractivity contribution in [1.82, 2.24) is 19.5 Å². The molecule has 0 amide bonds. The molecular formula is C12H14N5O10P. The zero-order valence-electron chi connectivity index (χ0n) is 13.7. The highest BCUT2D eigenvalue weighted by Crippen LogP contribution is 2.46. The zero-order chi connectivity index (χ0) is 20.9. The van der Waals surface area contributed by atoms with Gasteiger partial charge in [0.1, 0.15) is 6.10 Å². The van der Waals surface area contributed by atoms with E-state index in [0.29, 0.717) is 0 Å². The fourth-order valence-corrected chi connectivity index (χ4v) is 3.19. The Labute approximate surface area is 154 Å². The predicted octanol–water partition coefficient (Wildman–Crippen LogP) is -3.43. The summed E-state index contributed by atoms with van der Waals surface area (Å²) in [6, 6.07) is 0. The lowest BCUT2D eigenvalue weighted by atomic mass is 9.82. The molecule has 16 heteroatoms. The van der Waals surface area contributed by atoms with Crippen LogP contribution < -0.4 is 11.3 Å². The smallest absolute Gasteiger partial charge is 0.376 e. The number of carbonyl (C=O) groups is 2. The van der Waals surface area contributed by atoms with E-state index in [9.17, 15) is 29.2 Å². The number of nitrogens with two attached hydrogens (primary N) is 1. The summed E-state index contributed by atoms with van der Waals surface area (Å²) >= 11 is 0. The third-order valence-electron chi connectivity index (χ3n) is 4.26. The highest BCUT2D eigenvalue weighted by Gasteiger charge is 2.68. The third kappa shape index (κ3) is 2.94. The molecule has 2 aromatic heterocycles. The standard InChI is InChI=1S/C12H14N5O10P/c13-10-15-7-6(8(20)16-10)14-4-17(7)9-12(22,3-19)11(21,2-18)5(27-9)1-26-28(23,24)25/h2-5,9,21-22H,1H2,(H2,23,24,25)(H3,13,15,16,20)/t5-,9-,11-,12+/m1/s1. The molecule has 0 aliphatic carbocycles. The number of phosphoric acid groups is 1. The Morgan fingerprint density at radius 3 is 2.57 bits per heavy atom. The molecule has 0 aromatic carbocycles. The number of H-pyrrole nitrogens is 1. The van der Waals surface area contributed by atoms with Crippen LogP contribution in [0.25, 0.3) is 11.2 Å². The number of ether oxygens (including phenoxy) is 1. The van der Waals surface area contributed by atoms with E-state index in [2.05, 4.69) is 19.5 Å². The monoisotopic (exact) mass is 419 g/mol. The molecule has 15 nitrogen and oxygen atoms in total. The molecule has 4 atom stereocenters. The van der Waals surface area contributed by atoms with Gasteiger partial charge in [-0.15, -0.1) is 0 Å². The van der Waals surface area contributed by atoms with Crippen LogP contribution in [0.15, 0.2) is 11.1 Å². The maximum atomic E-state index is 11.9. The molecule has 1 aliphatic heterocycles. The molecule has 2 aromatic rings. The van der Waals surface area contributed by atoms with E-state index in [-0.39, 0.29) is 29.7 Å². The lowest BCUT2D eigenvalue weighted by Crippen LogP contribution is -2.61. The third-order valence-corrected chi connectivity index (χ3v) is 4.74. The summed E-state index contributed by atoms with van der Waals surface area (Å²) < 4.78 is 21.3. The summed E-state index contributed by atoms with van der Waals surface area (Å²) in [5, 5.41) is 21.3. The minimum absolute atomic E-state index is 0.189. The van der Waals surface area contributed by atoms with Crippen molar-refractivity contribution in [2.45, 2.75) is 23.5 Å². The molecule has 7 N–H and O–H groups in total. The van der Waals surface area contributed by atoms with Crippen LogP contribution >= 0.6 is 7.82 Å². The van der Waals surface area contributed by atoms with Crippen molar-refractivity contribution < 1.29 is 43.4 Å². The Morgan fingerprint density at radius 2 is 2.00 bits per heavy atom. The normalized spacial score (nSPS) is 30.6. The van der Waals surface area contributed by atoms with E-state index in [1.54, 1.807) is 0 Å². The highest BCUT2D eigenvalue weighted by atomic mass is 31.2. The minimum Gasteiger partial charge on any atom is -0.376 e. The molecule has 0 saturated carbocycles. The van der Waals surface area contributed by atoms with Crippen LogP contribution in [0.2, 0.25) is 0 Å². The van der Waals surface area contributed by atoms with Gasteiger partial charge in [-0.2, -0.15) is 4.98 Å². The second kappa shape index (κ2) is 6.52. The van der Waals surface area contributed by atoms with Gasteiger partial charge >= 0.3 is 7.82 Å². The number of anilines is 1. The van der Waals surface area contributed by atoms with Crippen molar-refractivity contribution in [2.75, 3.05) is 12.3 Å². The molecule has 0 spiro atoms. The number of rotatable bonds is 6. The van der Waals surface area contributed by atoms with E-state index >= 15 is 0 Å². The number of hydrogen-bond acceptors (Lipinski definition) is 11. The molecule has 28 heavy (non-hydrogen) atoms. The van der Waals surface area contributed by atoms with Crippen LogP contribution in [-0.2, 0) is 23.4 Å². The minimum atomic E-state index is -5.04. The van der Waals surface area contributed by atoms with Gasteiger partial charge in [0.2, 0.25) is 11.5 Å². The van der Waals surface area contributed by atoms with Gasteiger partial charge in [-0.25, -0.2) is 9.55 Å². The van der Waals surface area contributed by atoms with Crippen LogP contribution in [0.5, 0.6) is 0 Å². The summed E-state index contributed by atoms with van der Waals surface area (Å²) in [6.07, 6.45) is -3.23. The van der Waals surface area contributed by atoms with Crippen LogP contribution in [0.4, 0.5) is 5.95 Å². The van der Waals surface area contributed by atoms with Crippen molar-refractivity contribution in [1.29, 1.82) is 0 Å². The molecule has 1 aliphatic rings. The molecule has 0 unspecified atom stereocenters. The second-order valence-electron chi connectivity index (χ2n) is 5.93. The van der Waals surface area contributed by atoms with Gasteiger partial charge in [-0.05, 0) is 0 Å². The molecule has 1 saturated heterocycles. The SMILES string of the molecule is Nc1nc2c(ncn2[C@@H]2O[C@H](COP(=O)(O)O)[C@](O)(C=O)[C@]2(O)C=O)c(=O)[nH]1. The van der Waals surface area contributed by atoms with Gasteiger partial charge in [0.05, 0.1) is 12.9 Å². The van der Waals surface area contributed by atoms with E-state index in [4.69, 9.17) is 20.3 Å². The summed E-state index contributed by atoms with van der Waals surface area (Å²) in [4.78, 5) is 62.4. The average Bonchev–Trinajstić information content (AvgIpc) is 3.11. The van der Waals surface area contributed by atoms with Crippen LogP contribution in [0, 0.1) is 0 Å². The maximum Gasteiger partial charge on any atom is 0.469 e. The van der Waals surface area contributed by atoms with E-state index in [1.165, 1.54) is 0 Å². The van der Waals surface area contributed by atoms with Crippen LogP contribution in [-0.4, -0.2) is 76.0 Å². The first-order valence-electron chi connectivity index (χ1n) is 7.42. The fraction of sp³-hybridized carbons (Fsp3) is 0.417. The summed E-state index contributed by atoms with van der Waals surface area (Å²) in [6.45, 7) is -1.06. The van der Waals surface area contributed by atoms with Crippen molar-refractivity contribution >= 4 is 37.5 Å². The average molecular weight is 419 g/mol. The fourth-order valence-electron chi connectivity index (χ4n) is 2.87. The number of aliphatic hydroxyl groups is 2. The molecule has 0 radical (unpaired) electrons. The van der Waals surface area contributed by atoms with Gasteiger partial charge in [0, 0.05) is 0 Å². The quantitative estimate of drug-likeness (QED) is 0.197. The van der Waals surface area contributed by atoms with Crippen molar-refractivity contribution in [3.8, 4) is 0 Å². The van der Waals surface area contributed by atoms with Gasteiger partial charge in [0.25, 0.3) is 5.56 Å². The lowest BCUT2D eigenvalue weighted by Gasteiger charge is -2.32. The van der Waals surface area contributed by atoms with Crippen LogP contribution in [0.1, 0.15) is 6.23 Å². The topological polar surface area (TPSA) is 240 Å². The number of phosphoric ester groups is 1. The van der Waals surface area contributed by atoms with E-state index < -0.39 is 43.5 Å². The first-order valence-corrected chi connectivity index (χ1v) is 8.95. The Kier molecular flexibility index (Phi) is 4.71. The zero-order valence-corrected chi connectivity index (χ0v) is 14.6. The lowest BCUT2D eigenvalue weighted by molar-refractivity contribution is -0.168. The summed E-state index contributed by atoms with van der Waals surface area (Å²) in [5.74, 6) is -0.334. The van der Waals surface area contributed by atoms with Crippen LogP contribution in [0.3, 0.4) is 0 Å². The molecular weight excluding hydrogens is 405 g/mol.